The van der Waals surface area contributed by atoms with Crippen LogP contribution in [0.15, 0.2) is 0 Å². The summed E-state index contributed by atoms with van der Waals surface area (Å²) < 4.78 is 4.79. The molecule has 0 aliphatic rings. The van der Waals surface area contributed by atoms with Crippen LogP contribution < -0.4 is 10.6 Å². The van der Waals surface area contributed by atoms with E-state index in [1.807, 2.05) is 6.92 Å². The van der Waals surface area contributed by atoms with E-state index >= 15 is 0 Å². The average Bonchev–Trinajstić information content (AvgIpc) is 2.20. The van der Waals surface area contributed by atoms with Crippen LogP contribution in [0.4, 0.5) is 0 Å². The predicted octanol–water partition coefficient (Wildman–Crippen LogP) is -0.250. The van der Waals surface area contributed by atoms with Gasteiger partial charge in [0.2, 0.25) is 5.91 Å². The molecule has 1 atom stereocenters. The van der Waals surface area contributed by atoms with Crippen LogP contribution in [-0.2, 0) is 9.53 Å². The van der Waals surface area contributed by atoms with Crippen LogP contribution in [0.1, 0.15) is 13.3 Å². The molecule has 0 aromatic carbocycles. The Kier molecular flexibility index (Phi) is 7.90. The second-order valence-corrected chi connectivity index (χ2v) is 2.85. The Morgan fingerprint density at radius 2 is 2.36 bits per heavy atom. The van der Waals surface area contributed by atoms with Crippen LogP contribution in [0.3, 0.4) is 0 Å². The molecule has 1 amide bonds. The Bertz CT molecular complexity index is 199. The second-order valence-electron chi connectivity index (χ2n) is 2.85. The Hall–Kier alpha value is -1.05. The van der Waals surface area contributed by atoms with Crippen LogP contribution in [0.5, 0.6) is 0 Å². The van der Waals surface area contributed by atoms with Crippen molar-refractivity contribution in [1.82, 2.24) is 10.6 Å². The first-order valence-corrected chi connectivity index (χ1v) is 4.69. The third-order valence-corrected chi connectivity index (χ3v) is 1.75. The fourth-order valence-corrected chi connectivity index (χ4v) is 0.892. The number of amides is 1. The molecule has 0 fully saturated rings. The number of methoxy groups -OCH3 is 1. The summed E-state index contributed by atoms with van der Waals surface area (Å²) in [6.07, 6.45) is 6.05. The number of hydrogen-bond donors (Lipinski definition) is 2. The van der Waals surface area contributed by atoms with Gasteiger partial charge in [-0.2, -0.15) is 0 Å². The van der Waals surface area contributed by atoms with E-state index in [-0.39, 0.29) is 18.5 Å². The standard InChI is InChI=1S/C10H18N2O2/c1-4-9(5-2)12-8-10(13)11-6-7-14-3/h1,9,12H,5-8H2,2-3H3,(H,11,13). The van der Waals surface area contributed by atoms with Crippen molar-refractivity contribution in [3.8, 4) is 12.3 Å². The van der Waals surface area contributed by atoms with Crippen molar-refractivity contribution in [3.05, 3.63) is 0 Å². The maximum Gasteiger partial charge on any atom is 0.234 e. The lowest BCUT2D eigenvalue weighted by atomic mass is 10.2. The molecule has 0 aromatic heterocycles. The van der Waals surface area contributed by atoms with Gasteiger partial charge in [-0.15, -0.1) is 6.42 Å². The Balaban J connectivity index is 3.48. The van der Waals surface area contributed by atoms with E-state index in [1.165, 1.54) is 0 Å². The van der Waals surface area contributed by atoms with Crippen LogP contribution in [0, 0.1) is 12.3 Å². The molecule has 0 aliphatic heterocycles. The number of carbonyl (C=O) groups excluding carboxylic acids is 1. The van der Waals surface area contributed by atoms with Gasteiger partial charge in [-0.05, 0) is 6.42 Å². The van der Waals surface area contributed by atoms with Gasteiger partial charge in [-0.1, -0.05) is 12.8 Å². The molecule has 0 saturated heterocycles. The number of nitrogens with one attached hydrogen (secondary N) is 2. The van der Waals surface area contributed by atoms with Crippen LogP contribution in [0.2, 0.25) is 0 Å². The highest BCUT2D eigenvalue weighted by molar-refractivity contribution is 5.78. The Labute approximate surface area is 85.4 Å². The van der Waals surface area contributed by atoms with E-state index < -0.39 is 0 Å². The zero-order chi connectivity index (χ0) is 10.8. The summed E-state index contributed by atoms with van der Waals surface area (Å²) in [7, 11) is 1.59. The van der Waals surface area contributed by atoms with Crippen molar-refractivity contribution >= 4 is 5.91 Å². The Morgan fingerprint density at radius 3 is 2.86 bits per heavy atom. The Morgan fingerprint density at radius 1 is 1.64 bits per heavy atom. The van der Waals surface area contributed by atoms with E-state index in [0.717, 1.165) is 6.42 Å². The van der Waals surface area contributed by atoms with Crippen molar-refractivity contribution in [1.29, 1.82) is 0 Å². The first-order valence-electron chi connectivity index (χ1n) is 4.69. The number of hydrogen-bond acceptors (Lipinski definition) is 3. The molecule has 0 aromatic rings. The van der Waals surface area contributed by atoms with Gasteiger partial charge in [0, 0.05) is 13.7 Å². The van der Waals surface area contributed by atoms with Crippen molar-refractivity contribution < 1.29 is 9.53 Å². The van der Waals surface area contributed by atoms with Gasteiger partial charge in [-0.3, -0.25) is 10.1 Å². The normalized spacial score (nSPS) is 11.8. The van der Waals surface area contributed by atoms with Crippen LogP contribution in [-0.4, -0.2) is 38.8 Å². The summed E-state index contributed by atoms with van der Waals surface area (Å²) in [4.78, 5) is 11.2. The lowest BCUT2D eigenvalue weighted by Gasteiger charge is -2.10. The molecule has 0 radical (unpaired) electrons. The number of ether oxygens (including phenoxy) is 1. The number of rotatable bonds is 7. The van der Waals surface area contributed by atoms with Gasteiger partial charge in [-0.25, -0.2) is 0 Å². The van der Waals surface area contributed by atoms with Crippen molar-refractivity contribution in [2.75, 3.05) is 26.8 Å². The molecule has 0 heterocycles. The molecule has 0 saturated carbocycles. The summed E-state index contributed by atoms with van der Waals surface area (Å²) in [5, 5.41) is 5.65. The minimum atomic E-state index is -0.0595. The van der Waals surface area contributed by atoms with Crippen molar-refractivity contribution in [2.45, 2.75) is 19.4 Å². The topological polar surface area (TPSA) is 50.4 Å². The largest absolute Gasteiger partial charge is 0.383 e. The predicted molar refractivity (Wildman–Crippen MR) is 55.8 cm³/mol. The van der Waals surface area contributed by atoms with Crippen molar-refractivity contribution in [3.63, 3.8) is 0 Å². The highest BCUT2D eigenvalue weighted by atomic mass is 16.5. The zero-order valence-corrected chi connectivity index (χ0v) is 8.80. The molecule has 14 heavy (non-hydrogen) atoms. The van der Waals surface area contributed by atoms with Gasteiger partial charge in [0.1, 0.15) is 0 Å². The van der Waals surface area contributed by atoms with Gasteiger partial charge in [0.25, 0.3) is 0 Å². The molecule has 0 aliphatic carbocycles. The fourth-order valence-electron chi connectivity index (χ4n) is 0.892. The molecule has 1 unspecified atom stereocenters. The van der Waals surface area contributed by atoms with E-state index in [4.69, 9.17) is 11.2 Å². The van der Waals surface area contributed by atoms with Gasteiger partial charge < -0.3 is 10.1 Å². The van der Waals surface area contributed by atoms with Gasteiger partial charge in [0.15, 0.2) is 0 Å². The number of terminal acetylenes is 1. The fraction of sp³-hybridized carbons (Fsp3) is 0.700. The van der Waals surface area contributed by atoms with E-state index in [0.29, 0.717) is 13.2 Å². The van der Waals surface area contributed by atoms with Crippen LogP contribution in [0.25, 0.3) is 0 Å². The lowest BCUT2D eigenvalue weighted by Crippen LogP contribution is -2.39. The summed E-state index contributed by atoms with van der Waals surface area (Å²) in [5.41, 5.74) is 0. The third-order valence-electron chi connectivity index (χ3n) is 1.75. The smallest absolute Gasteiger partial charge is 0.234 e. The molecule has 0 rings (SSSR count). The second kappa shape index (κ2) is 8.54. The number of carbonyl (C=O) groups is 1. The minimum absolute atomic E-state index is 0.0248. The highest BCUT2D eigenvalue weighted by Gasteiger charge is 2.04. The molecule has 4 heteroatoms. The molecule has 80 valence electrons. The molecule has 4 nitrogen and oxygen atoms in total. The van der Waals surface area contributed by atoms with E-state index in [9.17, 15) is 4.79 Å². The molecular formula is C10H18N2O2. The molecule has 2 N–H and O–H groups in total. The molecule has 0 spiro atoms. The SMILES string of the molecule is C#CC(CC)NCC(=O)NCCOC. The molecular weight excluding hydrogens is 180 g/mol. The lowest BCUT2D eigenvalue weighted by molar-refractivity contribution is -0.120. The average molecular weight is 198 g/mol. The highest BCUT2D eigenvalue weighted by Crippen LogP contribution is 1.85. The summed E-state index contributed by atoms with van der Waals surface area (Å²) in [6, 6.07) is -0.0248. The van der Waals surface area contributed by atoms with Gasteiger partial charge in [0.05, 0.1) is 19.2 Å². The maximum atomic E-state index is 11.2. The zero-order valence-electron chi connectivity index (χ0n) is 8.80. The van der Waals surface area contributed by atoms with Gasteiger partial charge >= 0.3 is 0 Å². The third kappa shape index (κ3) is 6.46. The van der Waals surface area contributed by atoms with E-state index in [2.05, 4.69) is 16.6 Å². The quantitative estimate of drug-likeness (QED) is 0.438. The first-order chi connectivity index (χ1) is 6.74. The van der Waals surface area contributed by atoms with Crippen molar-refractivity contribution in [2.24, 2.45) is 0 Å². The summed E-state index contributed by atoms with van der Waals surface area (Å²) >= 11 is 0. The minimum Gasteiger partial charge on any atom is -0.383 e. The first kappa shape index (κ1) is 12.9. The van der Waals surface area contributed by atoms with E-state index in [1.54, 1.807) is 7.11 Å². The maximum absolute atomic E-state index is 11.2. The molecule has 0 bridgehead atoms. The monoisotopic (exact) mass is 198 g/mol. The summed E-state index contributed by atoms with van der Waals surface area (Å²) in [5.74, 6) is 2.50. The van der Waals surface area contributed by atoms with Crippen LogP contribution >= 0.6 is 0 Å². The summed E-state index contributed by atoms with van der Waals surface area (Å²) in [6.45, 7) is 3.29.